The van der Waals surface area contributed by atoms with Crippen LogP contribution in [0.4, 0.5) is 0 Å². The summed E-state index contributed by atoms with van der Waals surface area (Å²) in [7, 11) is 0. The fraction of sp³-hybridized carbons (Fsp3) is 0. The SMILES string of the molecule is c1ccc(-c2nc(-c3ccccc3)nc(-c3ccc(-c4cc(-c5cccc(-c6nc(-c7ccccc7)nc(-c7ccccc7)n6)c5)cc(-c5ccccn5)n4)nc3)n2)cc1.c1ccc(-c2nc(-c3ccccc3)nc(-c3ccc(-c4cc(-c5ccccc5-c5nc(-c6ccccc6)nc(-c6ccccc6)n5)cc(-c5ccccn5)n4)nc3)n2)cc1. The van der Waals surface area contributed by atoms with E-state index >= 15 is 0 Å². The topological polar surface area (TPSA) is 232 Å². The highest BCUT2D eigenvalue weighted by molar-refractivity contribution is 5.86. The first-order chi connectivity index (χ1) is 59.4. The summed E-state index contributed by atoms with van der Waals surface area (Å²) in [5.74, 6) is 6.91. The van der Waals surface area contributed by atoms with Gasteiger partial charge in [0.25, 0.3) is 0 Å². The molecule has 20 rings (SSSR count). The van der Waals surface area contributed by atoms with Crippen molar-refractivity contribution in [2.45, 2.75) is 0 Å². The molecular formula is C102H66N18. The lowest BCUT2D eigenvalue weighted by Crippen LogP contribution is -2.01. The Morgan fingerprint density at radius 2 is 0.358 bits per heavy atom. The highest BCUT2D eigenvalue weighted by Crippen LogP contribution is 2.39. The second kappa shape index (κ2) is 34.1. The fourth-order valence-corrected chi connectivity index (χ4v) is 13.8. The van der Waals surface area contributed by atoms with Crippen molar-refractivity contribution in [3.8, 4) is 204 Å². The molecule has 0 N–H and O–H groups in total. The van der Waals surface area contributed by atoms with Crippen LogP contribution in [0.2, 0.25) is 0 Å². The van der Waals surface area contributed by atoms with Gasteiger partial charge in [-0.05, 0) is 101 Å². The molecule has 10 aromatic heterocycles. The van der Waals surface area contributed by atoms with Crippen molar-refractivity contribution in [3.63, 3.8) is 0 Å². The molecule has 0 unspecified atom stereocenters. The lowest BCUT2D eigenvalue weighted by Gasteiger charge is -2.14. The van der Waals surface area contributed by atoms with Gasteiger partial charge in [0.2, 0.25) is 0 Å². The van der Waals surface area contributed by atoms with Crippen molar-refractivity contribution in [1.29, 1.82) is 0 Å². The molecule has 0 bridgehead atoms. The third-order valence-corrected chi connectivity index (χ3v) is 19.8. The molecule has 0 aliphatic rings. The lowest BCUT2D eigenvalue weighted by molar-refractivity contribution is 1.07. The van der Waals surface area contributed by atoms with Crippen molar-refractivity contribution >= 4 is 0 Å². The minimum absolute atomic E-state index is 0.522. The molecule has 10 aromatic carbocycles. The first-order valence-corrected chi connectivity index (χ1v) is 38.9. The van der Waals surface area contributed by atoms with E-state index in [2.05, 4.69) is 52.4 Å². The molecule has 0 saturated carbocycles. The van der Waals surface area contributed by atoms with Crippen molar-refractivity contribution in [2.24, 2.45) is 0 Å². The molecule has 120 heavy (non-hydrogen) atoms. The molecular weight excluding hydrogens is 1480 g/mol. The largest absolute Gasteiger partial charge is 0.255 e. The minimum Gasteiger partial charge on any atom is -0.255 e. The third-order valence-electron chi connectivity index (χ3n) is 19.8. The quantitative estimate of drug-likeness (QED) is 0.0777. The van der Waals surface area contributed by atoms with Crippen LogP contribution < -0.4 is 0 Å². The molecule has 0 fully saturated rings. The van der Waals surface area contributed by atoms with Gasteiger partial charge in [0.1, 0.15) is 0 Å². The number of aromatic nitrogens is 18. The molecule has 20 aromatic rings. The minimum atomic E-state index is 0.522. The predicted molar refractivity (Wildman–Crippen MR) is 471 cm³/mol. The van der Waals surface area contributed by atoms with Gasteiger partial charge in [0.05, 0.1) is 45.6 Å². The van der Waals surface area contributed by atoms with Gasteiger partial charge in [-0.15, -0.1) is 0 Å². The Kier molecular flexibility index (Phi) is 20.8. The first kappa shape index (κ1) is 73.3. The summed E-state index contributed by atoms with van der Waals surface area (Å²) < 4.78 is 0. The Morgan fingerprint density at radius 1 is 0.117 bits per heavy atom. The second-order valence-corrected chi connectivity index (χ2v) is 27.8. The van der Waals surface area contributed by atoms with Crippen LogP contribution in [0, 0.1) is 0 Å². The molecule has 564 valence electrons. The van der Waals surface area contributed by atoms with Crippen LogP contribution in [0.3, 0.4) is 0 Å². The molecule has 18 nitrogen and oxygen atoms in total. The van der Waals surface area contributed by atoms with Gasteiger partial charge in [-0.1, -0.05) is 297 Å². The summed E-state index contributed by atoms with van der Waals surface area (Å²) in [5.41, 5.74) is 19.8. The van der Waals surface area contributed by atoms with Crippen molar-refractivity contribution in [1.82, 2.24) is 89.7 Å². The predicted octanol–water partition coefficient (Wildman–Crippen LogP) is 22.5. The molecule has 0 saturated heterocycles. The maximum atomic E-state index is 5.11. The van der Waals surface area contributed by atoms with E-state index in [9.17, 15) is 0 Å². The highest BCUT2D eigenvalue weighted by atomic mass is 15.1. The monoisotopic (exact) mass is 1540 g/mol. The number of hydrogen-bond acceptors (Lipinski definition) is 18. The average molecular weight is 1540 g/mol. The fourth-order valence-electron chi connectivity index (χ4n) is 13.8. The second-order valence-electron chi connectivity index (χ2n) is 27.8. The Balaban J connectivity index is 0.000000159. The van der Waals surface area contributed by atoms with Gasteiger partial charge < -0.3 is 0 Å². The molecule has 0 radical (unpaired) electrons. The van der Waals surface area contributed by atoms with Gasteiger partial charge in [0.15, 0.2) is 69.9 Å². The van der Waals surface area contributed by atoms with Crippen LogP contribution in [0.5, 0.6) is 0 Å². The zero-order valence-corrected chi connectivity index (χ0v) is 64.2. The maximum absolute atomic E-state index is 5.11. The van der Waals surface area contributed by atoms with E-state index in [1.54, 1.807) is 24.8 Å². The van der Waals surface area contributed by atoms with Crippen LogP contribution in [0.15, 0.2) is 401 Å². The van der Waals surface area contributed by atoms with E-state index in [1.807, 2.05) is 334 Å². The summed E-state index contributed by atoms with van der Waals surface area (Å²) in [6.45, 7) is 0. The number of hydrogen-bond donors (Lipinski definition) is 0. The Hall–Kier alpha value is -16.9. The van der Waals surface area contributed by atoms with Crippen LogP contribution in [0.1, 0.15) is 0 Å². The molecule has 10 heterocycles. The maximum Gasteiger partial charge on any atom is 0.165 e. The normalized spacial score (nSPS) is 11.0. The van der Waals surface area contributed by atoms with Crippen molar-refractivity contribution in [3.05, 3.63) is 401 Å². The zero-order chi connectivity index (χ0) is 80.2. The van der Waals surface area contributed by atoms with Gasteiger partial charge in [-0.2, -0.15) is 0 Å². The van der Waals surface area contributed by atoms with Gasteiger partial charge in [0, 0.05) is 91.5 Å². The van der Waals surface area contributed by atoms with Gasteiger partial charge in [-0.25, -0.2) is 69.8 Å². The van der Waals surface area contributed by atoms with Crippen LogP contribution in [-0.2, 0) is 0 Å². The van der Waals surface area contributed by atoms with Crippen LogP contribution in [0.25, 0.3) is 204 Å². The molecule has 0 aliphatic carbocycles. The van der Waals surface area contributed by atoms with Gasteiger partial charge >= 0.3 is 0 Å². The average Bonchev–Trinajstić information content (AvgIpc) is 0.745. The highest BCUT2D eigenvalue weighted by Gasteiger charge is 2.22. The lowest BCUT2D eigenvalue weighted by atomic mass is 9.97. The number of benzene rings is 10. The third kappa shape index (κ3) is 16.5. The molecule has 0 amide bonds. The summed E-state index contributed by atoms with van der Waals surface area (Å²) in [4.78, 5) is 88.5. The Labute approximate surface area is 690 Å². The Morgan fingerprint density at radius 3 is 0.650 bits per heavy atom. The summed E-state index contributed by atoms with van der Waals surface area (Å²) >= 11 is 0. The number of rotatable bonds is 18. The zero-order valence-electron chi connectivity index (χ0n) is 64.2. The molecule has 0 atom stereocenters. The summed E-state index contributed by atoms with van der Waals surface area (Å²) in [6.07, 6.45) is 7.12. The van der Waals surface area contributed by atoms with E-state index in [-0.39, 0.29) is 0 Å². The summed E-state index contributed by atoms with van der Waals surface area (Å²) in [6, 6.07) is 124. The number of nitrogens with zero attached hydrogens (tertiary/aromatic N) is 18. The van der Waals surface area contributed by atoms with E-state index in [0.29, 0.717) is 98.4 Å². The van der Waals surface area contributed by atoms with E-state index in [4.69, 9.17) is 79.7 Å². The first-order valence-electron chi connectivity index (χ1n) is 38.9. The van der Waals surface area contributed by atoms with E-state index < -0.39 is 0 Å². The standard InChI is InChI=1S/2C51H33N9/c1-5-17-34(18-6-1)46-55-47(35-19-7-2-8-20-35)58-50(57-46)38-28-29-43(53-33-38)45-32-39(31-44(54-45)42-27-15-16-30-52-42)40-25-13-14-26-41(40)51-59-48(36-21-9-3-10-22-36)56-49(60-51)37-23-11-4-12-24-37;1-5-16-34(17-6-1)46-55-47(35-18-7-2-8-19-35)58-50(57-46)39-25-15-24-38(30-39)41-31-44(42-26-13-14-29-52-42)54-45(32-41)43-28-27-40(33-53-43)51-59-48(36-20-9-3-10-21-36)56-49(60-51)37-22-11-4-12-23-37/h2*1-33H. The number of pyridine rings is 6. The molecule has 0 spiro atoms. The van der Waals surface area contributed by atoms with E-state index in [0.717, 1.165) is 106 Å². The van der Waals surface area contributed by atoms with Gasteiger partial charge in [-0.3, -0.25) is 19.9 Å². The molecule has 0 aliphatic heterocycles. The molecule has 18 heteroatoms. The van der Waals surface area contributed by atoms with Crippen molar-refractivity contribution in [2.75, 3.05) is 0 Å². The Bertz CT molecular complexity index is 6730. The smallest absolute Gasteiger partial charge is 0.165 e. The van der Waals surface area contributed by atoms with Crippen LogP contribution in [-0.4, -0.2) is 89.7 Å². The van der Waals surface area contributed by atoms with Crippen molar-refractivity contribution < 1.29 is 0 Å². The van der Waals surface area contributed by atoms with E-state index in [1.165, 1.54) is 0 Å². The summed E-state index contributed by atoms with van der Waals surface area (Å²) in [5, 5.41) is 0. The van der Waals surface area contributed by atoms with Crippen LogP contribution >= 0.6 is 0 Å².